The van der Waals surface area contributed by atoms with Gasteiger partial charge >= 0.3 is 0 Å². The van der Waals surface area contributed by atoms with Gasteiger partial charge in [0.05, 0.1) is 0 Å². The molecule has 0 amide bonds. The van der Waals surface area contributed by atoms with Crippen LogP contribution in [0, 0.1) is 0 Å². The van der Waals surface area contributed by atoms with Crippen molar-refractivity contribution in [1.82, 2.24) is 0 Å². The third kappa shape index (κ3) is 4.19. The molecule has 3 rings (SSSR count). The summed E-state index contributed by atoms with van der Waals surface area (Å²) in [6.45, 7) is 1.08. The Balaban J connectivity index is 0.000000471. The van der Waals surface area contributed by atoms with Crippen molar-refractivity contribution in [3.63, 3.8) is 0 Å². The van der Waals surface area contributed by atoms with Crippen LogP contribution in [0.25, 0.3) is 0 Å². The summed E-state index contributed by atoms with van der Waals surface area (Å²) in [6, 6.07) is 30.0. The van der Waals surface area contributed by atoms with E-state index >= 15 is 0 Å². The number of carbonyl (C=O) groups is 1. The van der Waals surface area contributed by atoms with Crippen molar-refractivity contribution in [2.75, 3.05) is 0 Å². The number of aliphatic carboxylic acids is 1. The van der Waals surface area contributed by atoms with Crippen LogP contribution in [0.3, 0.4) is 0 Å². The standard InChI is InChI=1S/C18H16OSi.C2H4O2/c19-20(16-10-4-1-5-11-16,17-12-6-2-7-13-17)18-14-8-3-9-15-18;1-2(3)4/h1-15,19H;1H3,(H,3,4). The highest BCUT2D eigenvalue weighted by Gasteiger charge is 2.37. The van der Waals surface area contributed by atoms with E-state index in [1.165, 1.54) is 0 Å². The van der Waals surface area contributed by atoms with Crippen molar-refractivity contribution in [1.29, 1.82) is 0 Å². The minimum absolute atomic E-state index is 0.833. The van der Waals surface area contributed by atoms with E-state index in [0.29, 0.717) is 0 Å². The van der Waals surface area contributed by atoms with Crippen molar-refractivity contribution >= 4 is 29.8 Å². The number of rotatable bonds is 3. The molecular weight excluding hydrogens is 316 g/mol. The van der Waals surface area contributed by atoms with Crippen LogP contribution in [0.2, 0.25) is 0 Å². The van der Waals surface area contributed by atoms with Gasteiger partial charge in [0.15, 0.2) is 0 Å². The van der Waals surface area contributed by atoms with Crippen molar-refractivity contribution in [3.05, 3.63) is 91.0 Å². The zero-order valence-electron chi connectivity index (χ0n) is 13.5. The molecule has 0 aromatic heterocycles. The third-order valence-electron chi connectivity index (χ3n) is 3.57. The highest BCUT2D eigenvalue weighted by molar-refractivity contribution is 7.06. The van der Waals surface area contributed by atoms with Crippen LogP contribution >= 0.6 is 0 Å². The predicted molar refractivity (Wildman–Crippen MR) is 99.5 cm³/mol. The van der Waals surface area contributed by atoms with E-state index in [1.807, 2.05) is 91.0 Å². The molecular formula is C20H20O3Si. The van der Waals surface area contributed by atoms with Crippen molar-refractivity contribution in [3.8, 4) is 0 Å². The van der Waals surface area contributed by atoms with Crippen molar-refractivity contribution < 1.29 is 14.7 Å². The van der Waals surface area contributed by atoms with Gasteiger partial charge in [0.1, 0.15) is 0 Å². The van der Waals surface area contributed by atoms with E-state index < -0.39 is 14.3 Å². The van der Waals surface area contributed by atoms with E-state index in [2.05, 4.69) is 0 Å². The maximum absolute atomic E-state index is 11.6. The van der Waals surface area contributed by atoms with Crippen LogP contribution in [0.1, 0.15) is 6.92 Å². The van der Waals surface area contributed by atoms with Crippen LogP contribution in [0.15, 0.2) is 91.0 Å². The lowest BCUT2D eigenvalue weighted by Crippen LogP contribution is -2.67. The van der Waals surface area contributed by atoms with Crippen LogP contribution in [0.4, 0.5) is 0 Å². The number of hydrogen-bond donors (Lipinski definition) is 2. The lowest BCUT2D eigenvalue weighted by Gasteiger charge is -2.26. The molecule has 0 heterocycles. The average Bonchev–Trinajstić information content (AvgIpc) is 2.63. The van der Waals surface area contributed by atoms with Gasteiger partial charge in [0, 0.05) is 6.92 Å². The number of carboxylic acid groups (broad SMARTS) is 1. The molecule has 0 bridgehead atoms. The normalized spacial score (nSPS) is 10.4. The molecule has 3 aromatic carbocycles. The zero-order valence-corrected chi connectivity index (χ0v) is 14.5. The van der Waals surface area contributed by atoms with E-state index in [-0.39, 0.29) is 0 Å². The lowest BCUT2D eigenvalue weighted by atomic mass is 10.3. The van der Waals surface area contributed by atoms with Gasteiger partial charge in [-0.05, 0) is 15.6 Å². The maximum atomic E-state index is 11.6. The number of benzene rings is 3. The molecule has 4 heteroatoms. The highest BCUT2D eigenvalue weighted by atomic mass is 28.4. The van der Waals surface area contributed by atoms with Crippen LogP contribution < -0.4 is 15.6 Å². The van der Waals surface area contributed by atoms with Gasteiger partial charge in [-0.25, -0.2) is 0 Å². The molecule has 0 saturated heterocycles. The van der Waals surface area contributed by atoms with Gasteiger partial charge in [0.2, 0.25) is 0 Å². The fraction of sp³-hybridized carbons (Fsp3) is 0.0500. The Hall–Kier alpha value is -2.69. The highest BCUT2D eigenvalue weighted by Crippen LogP contribution is 2.03. The summed E-state index contributed by atoms with van der Waals surface area (Å²) in [6.07, 6.45) is 0. The smallest absolute Gasteiger partial charge is 0.300 e. The third-order valence-corrected chi connectivity index (χ3v) is 7.08. The second-order valence-corrected chi connectivity index (χ2v) is 8.48. The Morgan fingerprint density at radius 3 is 1.08 bits per heavy atom. The number of hydrogen-bond acceptors (Lipinski definition) is 2. The van der Waals surface area contributed by atoms with E-state index in [1.54, 1.807) is 0 Å². The summed E-state index contributed by atoms with van der Waals surface area (Å²) in [5.74, 6) is -0.833. The van der Waals surface area contributed by atoms with E-state index in [0.717, 1.165) is 22.5 Å². The first-order chi connectivity index (χ1) is 11.5. The summed E-state index contributed by atoms with van der Waals surface area (Å²) in [5.41, 5.74) is 0. The Kier molecular flexibility index (Phi) is 6.06. The molecule has 24 heavy (non-hydrogen) atoms. The van der Waals surface area contributed by atoms with Gasteiger partial charge in [-0.15, -0.1) is 0 Å². The summed E-state index contributed by atoms with van der Waals surface area (Å²) in [4.78, 5) is 20.6. The minimum atomic E-state index is -2.88. The molecule has 0 unspecified atom stereocenters. The summed E-state index contributed by atoms with van der Waals surface area (Å²) < 4.78 is 0. The summed E-state index contributed by atoms with van der Waals surface area (Å²) in [5, 5.41) is 10.5. The Labute approximate surface area is 143 Å². The Morgan fingerprint density at radius 2 is 0.875 bits per heavy atom. The second-order valence-electron chi connectivity index (χ2n) is 5.33. The molecule has 3 nitrogen and oxygen atoms in total. The van der Waals surface area contributed by atoms with Crippen LogP contribution in [-0.2, 0) is 4.79 Å². The molecule has 0 spiro atoms. The zero-order chi connectivity index (χ0) is 17.4. The predicted octanol–water partition coefficient (Wildman–Crippen LogP) is 1.74. The molecule has 3 aromatic rings. The monoisotopic (exact) mass is 336 g/mol. The first-order valence-electron chi connectivity index (χ1n) is 7.63. The van der Waals surface area contributed by atoms with Crippen LogP contribution in [-0.4, -0.2) is 24.2 Å². The summed E-state index contributed by atoms with van der Waals surface area (Å²) >= 11 is 0. The minimum Gasteiger partial charge on any atom is -0.481 e. The number of carboxylic acids is 1. The molecule has 0 saturated carbocycles. The maximum Gasteiger partial charge on any atom is 0.300 e. The molecule has 0 aliphatic heterocycles. The molecule has 0 radical (unpaired) electrons. The van der Waals surface area contributed by atoms with Crippen molar-refractivity contribution in [2.24, 2.45) is 0 Å². The van der Waals surface area contributed by atoms with Gasteiger partial charge in [-0.1, -0.05) is 91.0 Å². The molecule has 0 aliphatic carbocycles. The van der Waals surface area contributed by atoms with Gasteiger partial charge in [-0.3, -0.25) is 4.79 Å². The molecule has 0 fully saturated rings. The van der Waals surface area contributed by atoms with Crippen molar-refractivity contribution in [2.45, 2.75) is 6.92 Å². The largest absolute Gasteiger partial charge is 0.481 e. The molecule has 0 atom stereocenters. The second kappa shape index (κ2) is 8.24. The molecule has 2 N–H and O–H groups in total. The van der Waals surface area contributed by atoms with Gasteiger partial charge in [0.25, 0.3) is 14.3 Å². The quantitative estimate of drug-likeness (QED) is 0.566. The molecule has 0 aliphatic rings. The summed E-state index contributed by atoms with van der Waals surface area (Å²) in [7, 11) is -2.88. The van der Waals surface area contributed by atoms with Crippen LogP contribution in [0.5, 0.6) is 0 Å². The first kappa shape index (κ1) is 17.7. The average molecular weight is 336 g/mol. The SMILES string of the molecule is CC(=O)O.O[Si](c1ccccc1)(c1ccccc1)c1ccccc1. The fourth-order valence-corrected chi connectivity index (χ4v) is 5.56. The van der Waals surface area contributed by atoms with Gasteiger partial charge in [-0.2, -0.15) is 0 Å². The Morgan fingerprint density at radius 1 is 0.667 bits per heavy atom. The topological polar surface area (TPSA) is 57.5 Å². The molecule has 122 valence electrons. The van der Waals surface area contributed by atoms with E-state index in [4.69, 9.17) is 9.90 Å². The van der Waals surface area contributed by atoms with E-state index in [9.17, 15) is 4.80 Å². The van der Waals surface area contributed by atoms with Gasteiger partial charge < -0.3 is 9.90 Å². The first-order valence-corrected chi connectivity index (χ1v) is 9.58. The Bertz CT molecular complexity index is 658. The lowest BCUT2D eigenvalue weighted by molar-refractivity contribution is -0.134. The fourth-order valence-electron chi connectivity index (χ4n) is 2.54.